The highest BCUT2D eigenvalue weighted by Crippen LogP contribution is 2.37. The maximum atomic E-state index is 12.6. The molecule has 2 fully saturated rings. The van der Waals surface area contributed by atoms with Crippen molar-refractivity contribution in [3.63, 3.8) is 0 Å². The van der Waals surface area contributed by atoms with Crippen LogP contribution in [-0.4, -0.2) is 66.7 Å². The fraction of sp³-hybridized carbons (Fsp3) is 0.632. The van der Waals surface area contributed by atoms with Gasteiger partial charge in [-0.05, 0) is 50.9 Å². The number of hydrogen-bond acceptors (Lipinski definition) is 4. The highest BCUT2D eigenvalue weighted by atomic mass is 16.3. The largest absolute Gasteiger partial charge is 0.393 e. The van der Waals surface area contributed by atoms with Crippen LogP contribution in [0.2, 0.25) is 0 Å². The smallest absolute Gasteiger partial charge is 0.234 e. The van der Waals surface area contributed by atoms with Crippen LogP contribution in [0.1, 0.15) is 30.9 Å². The Kier molecular flexibility index (Phi) is 5.87. The number of benzene rings is 1. The van der Waals surface area contributed by atoms with Gasteiger partial charge in [-0.2, -0.15) is 0 Å². The minimum absolute atomic E-state index is 0.0109. The van der Waals surface area contributed by atoms with Gasteiger partial charge in [0.25, 0.3) is 0 Å². The van der Waals surface area contributed by atoms with E-state index in [-0.39, 0.29) is 18.1 Å². The van der Waals surface area contributed by atoms with Crippen LogP contribution in [0.15, 0.2) is 30.3 Å². The molecule has 5 heteroatoms. The third-order valence-electron chi connectivity index (χ3n) is 5.28. The number of hydrogen-bond donors (Lipinski definition) is 2. The molecule has 1 aromatic carbocycles. The molecular formula is C19H29N3O2. The number of nitrogens with zero attached hydrogens (tertiary/aromatic N) is 2. The summed E-state index contributed by atoms with van der Waals surface area (Å²) in [5.74, 6) is 0.427. The Labute approximate surface area is 144 Å². The van der Waals surface area contributed by atoms with E-state index in [9.17, 15) is 9.90 Å². The normalized spacial score (nSPS) is 27.1. The van der Waals surface area contributed by atoms with Crippen LogP contribution in [0.3, 0.4) is 0 Å². The van der Waals surface area contributed by atoms with Gasteiger partial charge < -0.3 is 15.3 Å². The second kappa shape index (κ2) is 8.10. The first-order chi connectivity index (χ1) is 11.6. The van der Waals surface area contributed by atoms with Crippen LogP contribution < -0.4 is 5.32 Å². The Morgan fingerprint density at radius 2 is 1.96 bits per heavy atom. The predicted octanol–water partition coefficient (Wildman–Crippen LogP) is 1.25. The third-order valence-corrected chi connectivity index (χ3v) is 5.28. The van der Waals surface area contributed by atoms with Gasteiger partial charge in [-0.25, -0.2) is 0 Å². The Hall–Kier alpha value is -1.43. The van der Waals surface area contributed by atoms with Crippen molar-refractivity contribution in [1.82, 2.24) is 15.1 Å². The lowest BCUT2D eigenvalue weighted by molar-refractivity contribution is -0.124. The first kappa shape index (κ1) is 17.4. The lowest BCUT2D eigenvalue weighted by atomic mass is 9.75. The van der Waals surface area contributed by atoms with Gasteiger partial charge >= 0.3 is 0 Å². The summed E-state index contributed by atoms with van der Waals surface area (Å²) < 4.78 is 0. The average molecular weight is 331 g/mol. The van der Waals surface area contributed by atoms with Crippen LogP contribution in [0.25, 0.3) is 0 Å². The lowest BCUT2D eigenvalue weighted by Crippen LogP contribution is -2.45. The van der Waals surface area contributed by atoms with Gasteiger partial charge in [-0.15, -0.1) is 0 Å². The zero-order valence-corrected chi connectivity index (χ0v) is 14.5. The number of carbonyl (C=O) groups is 1. The van der Waals surface area contributed by atoms with E-state index in [4.69, 9.17) is 0 Å². The maximum absolute atomic E-state index is 12.6. The second-order valence-electron chi connectivity index (χ2n) is 7.27. The minimum atomic E-state index is -0.209. The fourth-order valence-corrected chi connectivity index (χ4v) is 3.72. The van der Waals surface area contributed by atoms with Gasteiger partial charge in [0.05, 0.1) is 18.7 Å². The maximum Gasteiger partial charge on any atom is 0.234 e. The molecule has 132 valence electrons. The molecule has 1 saturated carbocycles. The summed E-state index contributed by atoms with van der Waals surface area (Å²) in [6.45, 7) is 4.51. The van der Waals surface area contributed by atoms with Crippen molar-refractivity contribution in [2.75, 3.05) is 39.8 Å². The number of amides is 1. The molecular weight excluding hydrogens is 302 g/mol. The Bertz CT molecular complexity index is 531. The molecule has 5 nitrogen and oxygen atoms in total. The second-order valence-corrected chi connectivity index (χ2v) is 7.27. The van der Waals surface area contributed by atoms with Crippen molar-refractivity contribution in [3.8, 4) is 0 Å². The summed E-state index contributed by atoms with van der Waals surface area (Å²) in [4.78, 5) is 17.2. The number of aliphatic hydroxyl groups excluding tert-OH is 1. The number of rotatable bonds is 5. The van der Waals surface area contributed by atoms with Gasteiger partial charge in [-0.3, -0.25) is 9.69 Å². The van der Waals surface area contributed by atoms with E-state index in [1.807, 2.05) is 18.2 Å². The van der Waals surface area contributed by atoms with E-state index in [0.29, 0.717) is 12.5 Å². The molecule has 1 aromatic rings. The molecule has 3 rings (SSSR count). The van der Waals surface area contributed by atoms with Gasteiger partial charge in [0.15, 0.2) is 0 Å². The van der Waals surface area contributed by atoms with E-state index in [1.165, 1.54) is 0 Å². The first-order valence-electron chi connectivity index (χ1n) is 9.05. The minimum Gasteiger partial charge on any atom is -0.393 e. The van der Waals surface area contributed by atoms with Gasteiger partial charge in [0.2, 0.25) is 5.91 Å². The monoisotopic (exact) mass is 331 g/mol. The summed E-state index contributed by atoms with van der Waals surface area (Å²) in [7, 11) is 2.14. The van der Waals surface area contributed by atoms with Crippen molar-refractivity contribution in [2.24, 2.45) is 5.92 Å². The highest BCUT2D eigenvalue weighted by Gasteiger charge is 2.35. The van der Waals surface area contributed by atoms with Gasteiger partial charge in [0, 0.05) is 13.1 Å². The predicted molar refractivity (Wildman–Crippen MR) is 94.6 cm³/mol. The topological polar surface area (TPSA) is 55.8 Å². The number of aliphatic hydroxyl groups is 1. The number of carbonyl (C=O) groups excluding carboxylic acids is 1. The van der Waals surface area contributed by atoms with E-state index in [0.717, 1.165) is 51.0 Å². The van der Waals surface area contributed by atoms with Gasteiger partial charge in [0.1, 0.15) is 0 Å². The van der Waals surface area contributed by atoms with E-state index >= 15 is 0 Å². The quantitative estimate of drug-likeness (QED) is 0.853. The molecule has 0 aromatic heterocycles. The average Bonchev–Trinajstić information content (AvgIpc) is 2.75. The van der Waals surface area contributed by atoms with E-state index in [1.54, 1.807) is 0 Å². The molecule has 1 amide bonds. The molecule has 1 aliphatic heterocycles. The van der Waals surface area contributed by atoms with E-state index < -0.39 is 0 Å². The van der Waals surface area contributed by atoms with Crippen molar-refractivity contribution in [2.45, 2.75) is 31.4 Å². The summed E-state index contributed by atoms with van der Waals surface area (Å²) in [6, 6.07) is 10.2. The molecule has 0 spiro atoms. The molecule has 1 saturated heterocycles. The van der Waals surface area contributed by atoms with Crippen molar-refractivity contribution in [1.29, 1.82) is 0 Å². The van der Waals surface area contributed by atoms with Crippen LogP contribution in [0, 0.1) is 5.92 Å². The molecule has 2 N–H and O–H groups in total. The SMILES string of the molecule is CN1CCCN(CC(=O)N[C@H](c2ccccc2)C2CC(O)C2)CC1. The van der Waals surface area contributed by atoms with Crippen LogP contribution in [0.5, 0.6) is 0 Å². The Morgan fingerprint density at radius 1 is 1.21 bits per heavy atom. The molecule has 1 aliphatic carbocycles. The van der Waals surface area contributed by atoms with Gasteiger partial charge in [-0.1, -0.05) is 30.3 Å². The molecule has 0 unspecified atom stereocenters. The first-order valence-corrected chi connectivity index (χ1v) is 9.05. The number of nitrogens with one attached hydrogen (secondary N) is 1. The molecule has 0 bridgehead atoms. The number of likely N-dealkylation sites (N-methyl/N-ethyl adjacent to an activating group) is 1. The van der Waals surface area contributed by atoms with E-state index in [2.05, 4.69) is 34.3 Å². The highest BCUT2D eigenvalue weighted by molar-refractivity contribution is 5.78. The lowest BCUT2D eigenvalue weighted by Gasteiger charge is -2.38. The van der Waals surface area contributed by atoms with Crippen molar-refractivity contribution in [3.05, 3.63) is 35.9 Å². The molecule has 1 atom stereocenters. The standard InChI is InChI=1S/C19H29N3O2/c1-21-8-5-9-22(11-10-21)14-18(24)20-19(16-12-17(23)13-16)15-6-3-2-4-7-15/h2-4,6-7,16-17,19,23H,5,8-14H2,1H3,(H,20,24)/t16?,17?,19-/m1/s1. The zero-order chi connectivity index (χ0) is 16.9. The Morgan fingerprint density at radius 3 is 2.67 bits per heavy atom. The molecule has 1 heterocycles. The third kappa shape index (κ3) is 4.56. The van der Waals surface area contributed by atoms with Crippen molar-refractivity contribution < 1.29 is 9.90 Å². The molecule has 0 radical (unpaired) electrons. The van der Waals surface area contributed by atoms with Crippen LogP contribution in [0.4, 0.5) is 0 Å². The fourth-order valence-electron chi connectivity index (χ4n) is 3.72. The van der Waals surface area contributed by atoms with Crippen LogP contribution >= 0.6 is 0 Å². The summed E-state index contributed by atoms with van der Waals surface area (Å²) in [6.07, 6.45) is 2.45. The summed E-state index contributed by atoms with van der Waals surface area (Å²) in [5.41, 5.74) is 1.14. The summed E-state index contributed by atoms with van der Waals surface area (Å²) in [5, 5.41) is 12.9. The van der Waals surface area contributed by atoms with Crippen LogP contribution in [-0.2, 0) is 4.79 Å². The molecule has 2 aliphatic rings. The van der Waals surface area contributed by atoms with Crippen molar-refractivity contribution >= 4 is 5.91 Å². The Balaban J connectivity index is 1.59. The summed E-state index contributed by atoms with van der Waals surface area (Å²) >= 11 is 0. The zero-order valence-electron chi connectivity index (χ0n) is 14.5. The molecule has 24 heavy (non-hydrogen) atoms.